The van der Waals surface area contributed by atoms with Crippen LogP contribution in [0.4, 0.5) is 0 Å². The summed E-state index contributed by atoms with van der Waals surface area (Å²) in [6.45, 7) is 8.00. The van der Waals surface area contributed by atoms with Gasteiger partial charge in [-0.1, -0.05) is 68.4 Å². The molecule has 1 fully saturated rings. The minimum Gasteiger partial charge on any atom is -0.480 e. The van der Waals surface area contributed by atoms with Gasteiger partial charge in [-0.05, 0) is 17.0 Å². The zero-order chi connectivity index (χ0) is 20.8. The highest BCUT2D eigenvalue weighted by Gasteiger charge is 2.31. The highest BCUT2D eigenvalue weighted by Crippen LogP contribution is 2.18. The number of hydrogen-bond donors (Lipinski definition) is 1. The minimum absolute atomic E-state index is 0.00897. The Kier molecular flexibility index (Phi) is 7.18. The van der Waals surface area contributed by atoms with E-state index < -0.39 is 12.0 Å². The first-order chi connectivity index (χ1) is 13.9. The fourth-order valence-electron chi connectivity index (χ4n) is 3.79. The second kappa shape index (κ2) is 9.81. The molecule has 0 radical (unpaired) electrons. The Labute approximate surface area is 172 Å². The first-order valence-electron chi connectivity index (χ1n) is 10.3. The molecule has 29 heavy (non-hydrogen) atoms. The van der Waals surface area contributed by atoms with Gasteiger partial charge in [0, 0.05) is 44.7 Å². The maximum absolute atomic E-state index is 12.7. The van der Waals surface area contributed by atoms with Crippen LogP contribution in [-0.4, -0.2) is 58.9 Å². The van der Waals surface area contributed by atoms with E-state index in [4.69, 9.17) is 0 Å². The summed E-state index contributed by atoms with van der Waals surface area (Å²) in [5, 5.41) is 9.73. The number of benzene rings is 2. The smallest absolute Gasteiger partial charge is 0.321 e. The first kappa shape index (κ1) is 21.2. The topological polar surface area (TPSA) is 60.9 Å². The molecule has 0 saturated carbocycles. The predicted molar refractivity (Wildman–Crippen MR) is 114 cm³/mol. The Bertz CT molecular complexity index is 810. The molecule has 0 aromatic heterocycles. The highest BCUT2D eigenvalue weighted by atomic mass is 16.4. The van der Waals surface area contributed by atoms with Gasteiger partial charge in [0.15, 0.2) is 5.78 Å². The number of rotatable bonds is 8. The molecule has 0 aliphatic carbocycles. The molecule has 1 N–H and O–H groups in total. The number of carbonyl (C=O) groups is 2. The molecule has 0 spiro atoms. The molecule has 1 heterocycles. The minimum atomic E-state index is -0.923. The third-order valence-corrected chi connectivity index (χ3v) is 5.66. The van der Waals surface area contributed by atoms with E-state index in [0.29, 0.717) is 24.6 Å². The van der Waals surface area contributed by atoms with Crippen molar-refractivity contribution < 1.29 is 14.7 Å². The molecule has 1 aliphatic rings. The van der Waals surface area contributed by atoms with E-state index in [1.54, 1.807) is 0 Å². The van der Waals surface area contributed by atoms with Gasteiger partial charge in [0.1, 0.15) is 6.04 Å². The zero-order valence-electron chi connectivity index (χ0n) is 17.3. The normalized spacial score (nSPS) is 16.7. The van der Waals surface area contributed by atoms with Crippen LogP contribution in [0, 0.1) is 0 Å². The highest BCUT2D eigenvalue weighted by molar-refractivity contribution is 5.98. The second-order valence-corrected chi connectivity index (χ2v) is 8.06. The number of ketones is 1. The Morgan fingerprint density at radius 2 is 1.55 bits per heavy atom. The molecule has 5 heteroatoms. The molecule has 2 aromatic rings. The van der Waals surface area contributed by atoms with Gasteiger partial charge in [0.2, 0.25) is 0 Å². The number of carboxylic acid groups (broad SMARTS) is 1. The Balaban J connectivity index is 1.57. The van der Waals surface area contributed by atoms with E-state index in [0.717, 1.165) is 19.6 Å². The van der Waals surface area contributed by atoms with Gasteiger partial charge in [0.25, 0.3) is 0 Å². The SMILES string of the molecule is CC(C)c1ccc(C(=O)C[C@H](C(=O)O)N2CCN(Cc3ccccc3)CC2)cc1. The lowest BCUT2D eigenvalue weighted by molar-refractivity contribution is -0.144. The Morgan fingerprint density at radius 1 is 0.931 bits per heavy atom. The van der Waals surface area contributed by atoms with E-state index in [1.165, 1.54) is 11.1 Å². The molecule has 5 nitrogen and oxygen atoms in total. The standard InChI is InChI=1S/C24H30N2O3/c1-18(2)20-8-10-21(11-9-20)23(27)16-22(24(28)29)26-14-12-25(13-15-26)17-19-6-4-3-5-7-19/h3-11,18,22H,12-17H2,1-2H3,(H,28,29)/t22-/m1/s1. The average Bonchev–Trinajstić information content (AvgIpc) is 2.73. The van der Waals surface area contributed by atoms with Crippen molar-refractivity contribution in [3.8, 4) is 0 Å². The van der Waals surface area contributed by atoms with Crippen LogP contribution < -0.4 is 0 Å². The van der Waals surface area contributed by atoms with E-state index in [2.05, 4.69) is 30.9 Å². The van der Waals surface area contributed by atoms with Crippen molar-refractivity contribution in [3.05, 3.63) is 71.3 Å². The summed E-state index contributed by atoms with van der Waals surface area (Å²) in [6.07, 6.45) is 0.00897. The fraction of sp³-hybridized carbons (Fsp3) is 0.417. The molecule has 0 amide bonds. The quantitative estimate of drug-likeness (QED) is 0.693. The molecular weight excluding hydrogens is 364 g/mol. The van der Waals surface area contributed by atoms with E-state index in [9.17, 15) is 14.7 Å². The maximum Gasteiger partial charge on any atom is 0.321 e. The monoisotopic (exact) mass is 394 g/mol. The van der Waals surface area contributed by atoms with Gasteiger partial charge < -0.3 is 5.11 Å². The summed E-state index contributed by atoms with van der Waals surface area (Å²) in [4.78, 5) is 28.8. The van der Waals surface area contributed by atoms with E-state index in [-0.39, 0.29) is 12.2 Å². The Morgan fingerprint density at radius 3 is 2.10 bits per heavy atom. The van der Waals surface area contributed by atoms with Crippen LogP contribution in [0.15, 0.2) is 54.6 Å². The lowest BCUT2D eigenvalue weighted by Gasteiger charge is -2.37. The number of piperazine rings is 1. The van der Waals surface area contributed by atoms with Gasteiger partial charge >= 0.3 is 5.97 Å². The van der Waals surface area contributed by atoms with Crippen molar-refractivity contribution in [2.24, 2.45) is 0 Å². The maximum atomic E-state index is 12.7. The largest absolute Gasteiger partial charge is 0.480 e. The molecule has 3 rings (SSSR count). The molecule has 1 saturated heterocycles. The third-order valence-electron chi connectivity index (χ3n) is 5.66. The van der Waals surface area contributed by atoms with Crippen LogP contribution in [-0.2, 0) is 11.3 Å². The Hall–Kier alpha value is -2.50. The summed E-state index contributed by atoms with van der Waals surface area (Å²) in [6, 6.07) is 17.1. The third kappa shape index (κ3) is 5.75. The summed E-state index contributed by atoms with van der Waals surface area (Å²) in [7, 11) is 0. The van der Waals surface area contributed by atoms with E-state index >= 15 is 0 Å². The predicted octanol–water partition coefficient (Wildman–Crippen LogP) is 3.65. The lowest BCUT2D eigenvalue weighted by atomic mass is 9.97. The first-order valence-corrected chi connectivity index (χ1v) is 10.3. The number of hydrogen-bond acceptors (Lipinski definition) is 4. The van der Waals surface area contributed by atoms with Crippen molar-refractivity contribution in [2.45, 2.75) is 38.8 Å². The number of carbonyl (C=O) groups excluding carboxylic acids is 1. The van der Waals surface area contributed by atoms with Gasteiger partial charge in [-0.15, -0.1) is 0 Å². The van der Waals surface area contributed by atoms with Crippen LogP contribution >= 0.6 is 0 Å². The van der Waals surface area contributed by atoms with Crippen molar-refractivity contribution in [3.63, 3.8) is 0 Å². The van der Waals surface area contributed by atoms with Crippen LogP contribution in [0.3, 0.4) is 0 Å². The second-order valence-electron chi connectivity index (χ2n) is 8.06. The summed E-state index contributed by atoms with van der Waals surface area (Å²) in [5.41, 5.74) is 3.02. The van der Waals surface area contributed by atoms with Crippen LogP contribution in [0.2, 0.25) is 0 Å². The van der Waals surface area contributed by atoms with Gasteiger partial charge in [-0.25, -0.2) is 0 Å². The summed E-state index contributed by atoms with van der Waals surface area (Å²) in [5.74, 6) is -0.633. The van der Waals surface area contributed by atoms with Gasteiger partial charge in [0.05, 0.1) is 0 Å². The summed E-state index contributed by atoms with van der Waals surface area (Å²) < 4.78 is 0. The molecule has 1 aliphatic heterocycles. The van der Waals surface area contributed by atoms with E-state index in [1.807, 2.05) is 47.4 Å². The fourth-order valence-corrected chi connectivity index (χ4v) is 3.79. The van der Waals surface area contributed by atoms with Crippen LogP contribution in [0.1, 0.15) is 47.7 Å². The number of aliphatic carboxylic acids is 1. The molecule has 0 bridgehead atoms. The number of carboxylic acids is 1. The van der Waals surface area contributed by atoms with Crippen molar-refractivity contribution in [1.82, 2.24) is 9.80 Å². The van der Waals surface area contributed by atoms with Crippen molar-refractivity contribution in [1.29, 1.82) is 0 Å². The molecule has 0 unspecified atom stereocenters. The summed E-state index contributed by atoms with van der Waals surface area (Å²) >= 11 is 0. The van der Waals surface area contributed by atoms with Crippen LogP contribution in [0.25, 0.3) is 0 Å². The molecule has 1 atom stereocenters. The average molecular weight is 395 g/mol. The molecule has 2 aromatic carbocycles. The number of Topliss-reactive ketones (excluding diaryl/α,β-unsaturated/α-hetero) is 1. The zero-order valence-corrected chi connectivity index (χ0v) is 17.3. The van der Waals surface area contributed by atoms with Gasteiger partial charge in [-0.3, -0.25) is 19.4 Å². The van der Waals surface area contributed by atoms with Crippen LogP contribution in [0.5, 0.6) is 0 Å². The molecular formula is C24H30N2O3. The van der Waals surface area contributed by atoms with Crippen molar-refractivity contribution >= 4 is 11.8 Å². The van der Waals surface area contributed by atoms with Gasteiger partial charge in [-0.2, -0.15) is 0 Å². The lowest BCUT2D eigenvalue weighted by Crippen LogP contribution is -2.52. The molecule has 154 valence electrons. The van der Waals surface area contributed by atoms with Crippen molar-refractivity contribution in [2.75, 3.05) is 26.2 Å². The number of nitrogens with zero attached hydrogens (tertiary/aromatic N) is 2.